The highest BCUT2D eigenvalue weighted by molar-refractivity contribution is 7.47. The van der Waals surface area contributed by atoms with Gasteiger partial charge in [0.05, 0.1) is 13.2 Å². The Morgan fingerprint density at radius 1 is 0.871 bits per heavy atom. The van der Waals surface area contributed by atoms with Crippen LogP contribution in [0.4, 0.5) is 0 Å². The van der Waals surface area contributed by atoms with Gasteiger partial charge in [-0.25, -0.2) is 4.57 Å². The fourth-order valence-corrected chi connectivity index (χ4v) is 4.01. The van der Waals surface area contributed by atoms with Crippen molar-refractivity contribution in [2.45, 2.75) is 71.6 Å². The van der Waals surface area contributed by atoms with Crippen LogP contribution in [0.15, 0.2) is 36.4 Å². The topological polar surface area (TPSA) is 74.2 Å². The van der Waals surface area contributed by atoms with Crippen LogP contribution in [0.25, 0.3) is 10.8 Å². The highest BCUT2D eigenvalue weighted by atomic mass is 31.2. The first-order valence-corrected chi connectivity index (χ1v) is 13.0. The van der Waals surface area contributed by atoms with E-state index < -0.39 is 7.82 Å². The van der Waals surface area contributed by atoms with Gasteiger partial charge in [0, 0.05) is 12.0 Å². The number of phosphoric acid groups is 1. The molecule has 6 nitrogen and oxygen atoms in total. The van der Waals surface area contributed by atoms with Crippen molar-refractivity contribution in [3.8, 4) is 5.75 Å². The summed E-state index contributed by atoms with van der Waals surface area (Å²) in [5, 5.41) is 1.82. The quantitative estimate of drug-likeness (QED) is 0.121. The van der Waals surface area contributed by atoms with E-state index in [1.807, 2.05) is 43.3 Å². The molecule has 1 N–H and O–H groups in total. The molecule has 2 aromatic carbocycles. The second-order valence-electron chi connectivity index (χ2n) is 7.66. The van der Waals surface area contributed by atoms with Gasteiger partial charge in [0.1, 0.15) is 0 Å². The van der Waals surface area contributed by atoms with Crippen molar-refractivity contribution in [3.63, 3.8) is 0 Å². The number of hydrogen-bond acceptors (Lipinski definition) is 5. The molecule has 0 aliphatic heterocycles. The van der Waals surface area contributed by atoms with E-state index in [-0.39, 0.29) is 13.2 Å². The molecule has 0 aliphatic rings. The molecule has 0 bridgehead atoms. The average Bonchev–Trinajstić information content (AvgIpc) is 2.77. The maximum absolute atomic E-state index is 12.1. The number of rotatable bonds is 17. The summed E-state index contributed by atoms with van der Waals surface area (Å²) in [6.45, 7) is 4.74. The molecule has 31 heavy (non-hydrogen) atoms. The zero-order valence-electron chi connectivity index (χ0n) is 18.9. The van der Waals surface area contributed by atoms with E-state index >= 15 is 0 Å². The Morgan fingerprint density at radius 3 is 2.32 bits per heavy atom. The predicted molar refractivity (Wildman–Crippen MR) is 124 cm³/mol. The predicted octanol–water partition coefficient (Wildman–Crippen LogP) is 6.99. The van der Waals surface area contributed by atoms with Crippen molar-refractivity contribution in [1.82, 2.24) is 0 Å². The Morgan fingerprint density at radius 2 is 1.58 bits per heavy atom. The van der Waals surface area contributed by atoms with Gasteiger partial charge in [-0.05, 0) is 30.7 Å². The third kappa shape index (κ3) is 9.71. The SMILES string of the molecule is CCCCCCCCCCc1ccc2ccccc2c1OOP(=O)(O)OCCOCC. The lowest BCUT2D eigenvalue weighted by Crippen LogP contribution is -2.06. The lowest BCUT2D eigenvalue weighted by atomic mass is 10.00. The molecule has 0 aliphatic carbocycles. The van der Waals surface area contributed by atoms with E-state index in [4.69, 9.17) is 18.8 Å². The molecule has 1 unspecified atom stereocenters. The zero-order chi connectivity index (χ0) is 22.4. The number of hydrogen-bond donors (Lipinski definition) is 1. The molecule has 0 saturated heterocycles. The molecule has 0 fully saturated rings. The van der Waals surface area contributed by atoms with Gasteiger partial charge in [0.2, 0.25) is 0 Å². The Hall–Kier alpha value is -1.43. The minimum Gasteiger partial charge on any atom is -0.379 e. The summed E-state index contributed by atoms with van der Waals surface area (Å²) < 4.78 is 27.0. The van der Waals surface area contributed by atoms with E-state index in [9.17, 15) is 9.46 Å². The number of fused-ring (bicyclic) bond motifs is 1. The summed E-state index contributed by atoms with van der Waals surface area (Å²) in [5.74, 6) is 0.476. The molecular weight excluding hydrogens is 415 g/mol. The van der Waals surface area contributed by atoms with Crippen LogP contribution in [0, 0.1) is 0 Å². The maximum Gasteiger partial charge on any atom is 0.508 e. The molecule has 0 saturated carbocycles. The van der Waals surface area contributed by atoms with E-state index in [1.165, 1.54) is 38.5 Å². The van der Waals surface area contributed by atoms with Gasteiger partial charge >= 0.3 is 7.82 Å². The molecule has 0 radical (unpaired) electrons. The average molecular weight is 453 g/mol. The Labute approximate surface area is 186 Å². The molecule has 2 aromatic rings. The molecule has 2 rings (SSSR count). The van der Waals surface area contributed by atoms with Crippen molar-refractivity contribution in [2.24, 2.45) is 0 Å². The number of benzene rings is 2. The third-order valence-electron chi connectivity index (χ3n) is 5.16. The van der Waals surface area contributed by atoms with E-state index in [1.54, 1.807) is 0 Å². The smallest absolute Gasteiger partial charge is 0.379 e. The Balaban J connectivity index is 1.95. The van der Waals surface area contributed by atoms with Gasteiger partial charge in [0.25, 0.3) is 0 Å². The normalized spacial score (nSPS) is 13.4. The summed E-state index contributed by atoms with van der Waals surface area (Å²) in [7, 11) is -4.35. The second-order valence-corrected chi connectivity index (χ2v) is 9.00. The van der Waals surface area contributed by atoms with Gasteiger partial charge < -0.3 is 14.5 Å². The van der Waals surface area contributed by atoms with Crippen LogP contribution in [-0.2, 0) is 24.9 Å². The van der Waals surface area contributed by atoms with Crippen LogP contribution in [-0.4, -0.2) is 24.7 Å². The van der Waals surface area contributed by atoms with Crippen LogP contribution in [0.1, 0.15) is 70.8 Å². The van der Waals surface area contributed by atoms with Crippen molar-refractivity contribution < 1.29 is 28.3 Å². The van der Waals surface area contributed by atoms with Gasteiger partial charge in [-0.3, -0.25) is 4.52 Å². The second kappa shape index (κ2) is 14.6. The first-order chi connectivity index (χ1) is 15.1. The largest absolute Gasteiger partial charge is 0.508 e. The van der Waals surface area contributed by atoms with E-state index in [0.717, 1.165) is 35.6 Å². The zero-order valence-corrected chi connectivity index (χ0v) is 19.8. The first kappa shape index (κ1) is 25.8. The van der Waals surface area contributed by atoms with Gasteiger partial charge in [-0.1, -0.05) is 92.9 Å². The van der Waals surface area contributed by atoms with Crippen LogP contribution in [0.2, 0.25) is 0 Å². The highest BCUT2D eigenvalue weighted by Gasteiger charge is 2.25. The molecule has 0 aromatic heterocycles. The van der Waals surface area contributed by atoms with Crippen molar-refractivity contribution >= 4 is 18.6 Å². The fourth-order valence-electron chi connectivity index (χ4n) is 3.49. The number of aryl methyl sites for hydroxylation is 1. The lowest BCUT2D eigenvalue weighted by molar-refractivity contribution is -0.128. The maximum atomic E-state index is 12.1. The van der Waals surface area contributed by atoms with Gasteiger partial charge in [-0.2, -0.15) is 0 Å². The summed E-state index contributed by atoms with van der Waals surface area (Å²) in [6.07, 6.45) is 10.7. The molecule has 174 valence electrons. The van der Waals surface area contributed by atoms with Crippen molar-refractivity contribution in [1.29, 1.82) is 0 Å². The van der Waals surface area contributed by atoms with Gasteiger partial charge in [-0.15, -0.1) is 0 Å². The summed E-state index contributed by atoms with van der Waals surface area (Å²) in [4.78, 5) is 15.3. The van der Waals surface area contributed by atoms with Gasteiger partial charge in [0.15, 0.2) is 5.75 Å². The minimum atomic E-state index is -4.35. The van der Waals surface area contributed by atoms with Crippen molar-refractivity contribution in [2.75, 3.05) is 19.8 Å². The summed E-state index contributed by atoms with van der Waals surface area (Å²) in [5.41, 5.74) is 0.957. The Kier molecular flexibility index (Phi) is 12.2. The fraction of sp³-hybridized carbons (Fsp3) is 0.583. The molecule has 7 heteroatoms. The minimum absolute atomic E-state index is 0.0500. The number of ether oxygens (including phenoxy) is 1. The molecule has 0 heterocycles. The lowest BCUT2D eigenvalue weighted by Gasteiger charge is -2.15. The van der Waals surface area contributed by atoms with E-state index in [2.05, 4.69) is 6.92 Å². The van der Waals surface area contributed by atoms with Crippen LogP contribution in [0.3, 0.4) is 0 Å². The monoisotopic (exact) mass is 452 g/mol. The highest BCUT2D eigenvalue weighted by Crippen LogP contribution is 2.44. The Bertz CT molecular complexity index is 810. The molecule has 1 atom stereocenters. The molecular formula is C24H37O6P. The van der Waals surface area contributed by atoms with Crippen LogP contribution < -0.4 is 4.89 Å². The third-order valence-corrected chi connectivity index (χ3v) is 5.93. The van der Waals surface area contributed by atoms with E-state index in [0.29, 0.717) is 12.4 Å². The standard InChI is InChI=1S/C24H37O6P/c1-3-5-6-7-8-9-10-11-15-22-18-17-21-14-12-13-16-23(21)24(22)29-30-31(25,26)28-20-19-27-4-2/h12-14,16-18H,3-11,15,19-20H2,1-2H3,(H,25,26). The molecule has 0 spiro atoms. The number of phosphoric ester groups is 1. The van der Waals surface area contributed by atoms with Crippen LogP contribution in [0.5, 0.6) is 5.75 Å². The van der Waals surface area contributed by atoms with Crippen LogP contribution >= 0.6 is 7.82 Å². The first-order valence-electron chi connectivity index (χ1n) is 11.5. The molecule has 0 amide bonds. The summed E-state index contributed by atoms with van der Waals surface area (Å²) >= 11 is 0. The summed E-state index contributed by atoms with van der Waals surface area (Å²) in [6, 6.07) is 11.8. The number of unbranched alkanes of at least 4 members (excludes halogenated alkanes) is 7. The van der Waals surface area contributed by atoms with Crippen molar-refractivity contribution in [3.05, 3.63) is 42.0 Å².